The number of carbonyl (C=O) groups is 2. The molecule has 2 aliphatic rings. The lowest BCUT2D eigenvalue weighted by molar-refractivity contribution is -0.148. The van der Waals surface area contributed by atoms with E-state index in [9.17, 15) is 18.0 Å². The zero-order chi connectivity index (χ0) is 20.0. The molecule has 0 atom stereocenters. The molecule has 1 aromatic rings. The van der Waals surface area contributed by atoms with Gasteiger partial charge in [0.05, 0.1) is 17.9 Å². The van der Waals surface area contributed by atoms with Gasteiger partial charge in [-0.25, -0.2) is 8.42 Å². The molecule has 9 heteroatoms. The van der Waals surface area contributed by atoms with Crippen molar-refractivity contribution in [2.75, 3.05) is 13.2 Å². The first-order valence-electron chi connectivity index (χ1n) is 9.57. The van der Waals surface area contributed by atoms with Gasteiger partial charge in [-0.3, -0.25) is 19.3 Å². The first-order valence-corrected chi connectivity index (χ1v) is 11.1. The van der Waals surface area contributed by atoms with Crippen LogP contribution in [-0.2, 0) is 24.3 Å². The smallest absolute Gasteiger partial charge is 0.308 e. The molecular weight excluding hydrogens is 382 g/mol. The fourth-order valence-corrected chi connectivity index (χ4v) is 4.67. The number of sulfonamides is 1. The Hall–Kier alpha value is -2.42. The van der Waals surface area contributed by atoms with Crippen molar-refractivity contribution in [2.24, 2.45) is 4.99 Å². The van der Waals surface area contributed by atoms with Gasteiger partial charge in [-0.05, 0) is 25.0 Å². The van der Waals surface area contributed by atoms with Gasteiger partial charge in [-0.2, -0.15) is 0 Å². The Morgan fingerprint density at radius 3 is 2.61 bits per heavy atom. The van der Waals surface area contributed by atoms with Crippen molar-refractivity contribution in [2.45, 2.75) is 55.9 Å². The van der Waals surface area contributed by atoms with Crippen LogP contribution in [0.4, 0.5) is 0 Å². The fraction of sp³-hybridized carbons (Fsp3) is 0.526. The normalized spacial score (nSPS) is 20.1. The Kier molecular flexibility index (Phi) is 6.66. The summed E-state index contributed by atoms with van der Waals surface area (Å²) in [6, 6.07) is 6.68. The summed E-state index contributed by atoms with van der Waals surface area (Å²) >= 11 is 0. The van der Waals surface area contributed by atoms with E-state index in [0.717, 1.165) is 25.7 Å². The maximum Gasteiger partial charge on any atom is 0.308 e. The summed E-state index contributed by atoms with van der Waals surface area (Å²) in [6.07, 6.45) is 6.51. The summed E-state index contributed by atoms with van der Waals surface area (Å²) < 4.78 is 31.4. The molecule has 1 aromatic carbocycles. The van der Waals surface area contributed by atoms with E-state index in [4.69, 9.17) is 4.74 Å². The Morgan fingerprint density at radius 2 is 1.86 bits per heavy atom. The zero-order valence-corrected chi connectivity index (χ0v) is 16.5. The fourth-order valence-electron chi connectivity index (χ4n) is 3.42. The maximum atomic E-state index is 12.0. The Bertz CT molecular complexity index is 858. The quantitative estimate of drug-likeness (QED) is 0.548. The highest BCUT2D eigenvalue weighted by Crippen LogP contribution is 2.22. The first-order chi connectivity index (χ1) is 13.5. The second-order valence-corrected chi connectivity index (χ2v) is 8.65. The third kappa shape index (κ3) is 5.31. The molecular formula is C19H25N3O5S. The number of amides is 1. The summed E-state index contributed by atoms with van der Waals surface area (Å²) in [5.74, 6) is -0.618. The predicted molar refractivity (Wildman–Crippen MR) is 103 cm³/mol. The number of nitrogens with zero attached hydrogens (tertiary/aromatic N) is 1. The zero-order valence-electron chi connectivity index (χ0n) is 15.6. The number of nitrogens with one attached hydrogen (secondary N) is 2. The van der Waals surface area contributed by atoms with Gasteiger partial charge in [0.25, 0.3) is 15.9 Å². The number of esters is 1. The van der Waals surface area contributed by atoms with Crippen LogP contribution in [0.25, 0.3) is 0 Å². The number of hydrogen-bond acceptors (Lipinski definition) is 6. The molecule has 0 unspecified atom stereocenters. The maximum absolute atomic E-state index is 12.0. The molecule has 152 valence electrons. The SMILES string of the molecule is O=C(COC(=O)CCN=C1NS(=O)(=O)c2ccccc21)NC1CCCCCC1. The highest BCUT2D eigenvalue weighted by Gasteiger charge is 2.30. The third-order valence-electron chi connectivity index (χ3n) is 4.83. The molecule has 1 aliphatic carbocycles. The number of hydrogen-bond donors (Lipinski definition) is 2. The minimum Gasteiger partial charge on any atom is -0.456 e. The van der Waals surface area contributed by atoms with E-state index >= 15 is 0 Å². The van der Waals surface area contributed by atoms with Gasteiger partial charge >= 0.3 is 5.97 Å². The van der Waals surface area contributed by atoms with Crippen molar-refractivity contribution in [1.29, 1.82) is 0 Å². The monoisotopic (exact) mass is 407 g/mol. The van der Waals surface area contributed by atoms with Gasteiger partial charge in [-0.15, -0.1) is 0 Å². The summed E-state index contributed by atoms with van der Waals surface area (Å²) in [7, 11) is -3.59. The number of ether oxygens (including phenoxy) is 1. The van der Waals surface area contributed by atoms with E-state index < -0.39 is 16.0 Å². The van der Waals surface area contributed by atoms with Crippen LogP contribution in [-0.4, -0.2) is 45.3 Å². The number of benzene rings is 1. The van der Waals surface area contributed by atoms with Crippen LogP contribution in [0, 0.1) is 0 Å². The topological polar surface area (TPSA) is 114 Å². The molecule has 1 fully saturated rings. The summed E-state index contributed by atoms with van der Waals surface area (Å²) in [4.78, 5) is 28.1. The van der Waals surface area contributed by atoms with E-state index in [1.54, 1.807) is 18.2 Å². The molecule has 1 saturated carbocycles. The number of rotatable bonds is 6. The van der Waals surface area contributed by atoms with Crippen molar-refractivity contribution in [3.63, 3.8) is 0 Å². The van der Waals surface area contributed by atoms with Crippen molar-refractivity contribution in [3.8, 4) is 0 Å². The van der Waals surface area contributed by atoms with Crippen LogP contribution in [0.15, 0.2) is 34.2 Å². The van der Waals surface area contributed by atoms with Crippen molar-refractivity contribution < 1.29 is 22.7 Å². The standard InChI is InChI=1S/C19H25N3O5S/c23-17(21-14-7-3-1-2-4-8-14)13-27-18(24)11-12-20-19-15-9-5-6-10-16(15)28(25,26)22-19/h5-6,9-10,14H,1-4,7-8,11-13H2,(H,20,22)(H,21,23). The van der Waals surface area contributed by atoms with Crippen molar-refractivity contribution in [1.82, 2.24) is 10.0 Å². The van der Waals surface area contributed by atoms with Crippen LogP contribution in [0.1, 0.15) is 50.5 Å². The van der Waals surface area contributed by atoms with Crippen LogP contribution in [0.3, 0.4) is 0 Å². The first kappa shape index (κ1) is 20.3. The second-order valence-electron chi connectivity index (χ2n) is 7.00. The third-order valence-corrected chi connectivity index (χ3v) is 6.23. The Balaban J connectivity index is 1.42. The van der Waals surface area contributed by atoms with Gasteiger partial charge in [0.15, 0.2) is 6.61 Å². The average Bonchev–Trinajstić information content (AvgIpc) is 2.82. The molecule has 0 bridgehead atoms. The lowest BCUT2D eigenvalue weighted by Gasteiger charge is -2.16. The van der Waals surface area contributed by atoms with Gasteiger partial charge in [0.2, 0.25) is 0 Å². The van der Waals surface area contributed by atoms with Gasteiger partial charge in [-0.1, -0.05) is 37.8 Å². The molecule has 1 aliphatic heterocycles. The molecule has 0 radical (unpaired) electrons. The number of amidine groups is 1. The van der Waals surface area contributed by atoms with E-state index in [1.807, 2.05) is 0 Å². The van der Waals surface area contributed by atoms with E-state index in [-0.39, 0.29) is 42.3 Å². The predicted octanol–water partition coefficient (Wildman–Crippen LogP) is 1.50. The van der Waals surface area contributed by atoms with Gasteiger partial charge in [0.1, 0.15) is 5.84 Å². The van der Waals surface area contributed by atoms with E-state index in [0.29, 0.717) is 5.56 Å². The lowest BCUT2D eigenvalue weighted by Crippen LogP contribution is -2.37. The number of carbonyl (C=O) groups excluding carboxylic acids is 2. The summed E-state index contributed by atoms with van der Waals surface area (Å²) in [5.41, 5.74) is 0.485. The second kappa shape index (κ2) is 9.18. The van der Waals surface area contributed by atoms with Crippen LogP contribution in [0.5, 0.6) is 0 Å². The highest BCUT2D eigenvalue weighted by atomic mass is 32.2. The molecule has 2 N–H and O–H groups in total. The molecule has 0 spiro atoms. The number of fused-ring (bicyclic) bond motifs is 1. The molecule has 0 aromatic heterocycles. The largest absolute Gasteiger partial charge is 0.456 e. The average molecular weight is 407 g/mol. The van der Waals surface area contributed by atoms with Crippen LogP contribution in [0.2, 0.25) is 0 Å². The van der Waals surface area contributed by atoms with Crippen molar-refractivity contribution in [3.05, 3.63) is 29.8 Å². The minimum atomic E-state index is -3.59. The lowest BCUT2D eigenvalue weighted by atomic mass is 10.1. The van der Waals surface area contributed by atoms with Gasteiger partial charge in [0, 0.05) is 11.6 Å². The summed E-state index contributed by atoms with van der Waals surface area (Å²) in [6.45, 7) is -0.239. The summed E-state index contributed by atoms with van der Waals surface area (Å²) in [5, 5.41) is 2.91. The molecule has 8 nitrogen and oxygen atoms in total. The Labute approximate surface area is 164 Å². The van der Waals surface area contributed by atoms with Crippen LogP contribution >= 0.6 is 0 Å². The van der Waals surface area contributed by atoms with E-state index in [1.165, 1.54) is 18.9 Å². The molecule has 0 saturated heterocycles. The van der Waals surface area contributed by atoms with Gasteiger partial charge < -0.3 is 10.1 Å². The number of aliphatic imine (C=N–C) groups is 1. The van der Waals surface area contributed by atoms with Crippen LogP contribution < -0.4 is 10.0 Å². The Morgan fingerprint density at radius 1 is 1.14 bits per heavy atom. The highest BCUT2D eigenvalue weighted by molar-refractivity contribution is 7.90. The molecule has 1 heterocycles. The molecule has 28 heavy (non-hydrogen) atoms. The molecule has 3 rings (SSSR count). The van der Waals surface area contributed by atoms with E-state index in [2.05, 4.69) is 15.0 Å². The molecule has 1 amide bonds. The van der Waals surface area contributed by atoms with Crippen molar-refractivity contribution >= 4 is 27.7 Å². The minimum absolute atomic E-state index is 0.0376.